The van der Waals surface area contributed by atoms with E-state index < -0.39 is 0 Å². The van der Waals surface area contributed by atoms with Gasteiger partial charge in [0.1, 0.15) is 0 Å². The second kappa shape index (κ2) is 11.6. The summed E-state index contributed by atoms with van der Waals surface area (Å²) in [6.45, 7) is 10.4. The first-order valence-electron chi connectivity index (χ1n) is 8.67. The van der Waals surface area contributed by atoms with Crippen molar-refractivity contribution in [3.05, 3.63) is 11.7 Å². The maximum atomic E-state index is 5.71. The SMILES string of the molecule is CCNC(=NCCCc1nc(C)no1)N1CCC(OCC)CC1.I. The van der Waals surface area contributed by atoms with Crippen LogP contribution in [0, 0.1) is 6.92 Å². The third-order valence-corrected chi connectivity index (χ3v) is 3.86. The highest BCUT2D eigenvalue weighted by molar-refractivity contribution is 14.0. The van der Waals surface area contributed by atoms with Gasteiger partial charge in [-0.25, -0.2) is 0 Å². The number of guanidine groups is 1. The molecule has 138 valence electrons. The number of piperidine rings is 1. The number of aryl methyl sites for hydroxylation is 2. The number of aliphatic imine (C=N–C) groups is 1. The van der Waals surface area contributed by atoms with E-state index in [0.717, 1.165) is 64.4 Å². The number of aromatic nitrogens is 2. The summed E-state index contributed by atoms with van der Waals surface area (Å²) in [5, 5.41) is 7.19. The summed E-state index contributed by atoms with van der Waals surface area (Å²) in [5.41, 5.74) is 0. The summed E-state index contributed by atoms with van der Waals surface area (Å²) < 4.78 is 10.8. The van der Waals surface area contributed by atoms with Crippen molar-refractivity contribution < 1.29 is 9.26 Å². The Morgan fingerprint density at radius 2 is 2.12 bits per heavy atom. The minimum atomic E-state index is 0. The van der Waals surface area contributed by atoms with Crippen LogP contribution in [0.1, 0.15) is 44.8 Å². The van der Waals surface area contributed by atoms with Gasteiger partial charge in [0, 0.05) is 39.2 Å². The van der Waals surface area contributed by atoms with Gasteiger partial charge in [-0.05, 0) is 40.0 Å². The summed E-state index contributed by atoms with van der Waals surface area (Å²) in [6, 6.07) is 0. The average Bonchev–Trinajstić information content (AvgIpc) is 2.97. The number of hydrogen-bond donors (Lipinski definition) is 1. The predicted octanol–water partition coefficient (Wildman–Crippen LogP) is 2.40. The predicted molar refractivity (Wildman–Crippen MR) is 105 cm³/mol. The van der Waals surface area contributed by atoms with E-state index in [-0.39, 0.29) is 24.0 Å². The molecule has 1 aromatic heterocycles. The fourth-order valence-electron chi connectivity index (χ4n) is 2.75. The monoisotopic (exact) mass is 451 g/mol. The Kier molecular flexibility index (Phi) is 10.2. The van der Waals surface area contributed by atoms with Crippen LogP contribution in [0.5, 0.6) is 0 Å². The molecular weight excluding hydrogens is 421 g/mol. The molecule has 0 atom stereocenters. The zero-order chi connectivity index (χ0) is 16.5. The van der Waals surface area contributed by atoms with Crippen molar-refractivity contribution in [3.63, 3.8) is 0 Å². The van der Waals surface area contributed by atoms with E-state index in [9.17, 15) is 0 Å². The molecule has 1 aliphatic heterocycles. The van der Waals surface area contributed by atoms with E-state index in [2.05, 4.69) is 34.2 Å². The largest absolute Gasteiger partial charge is 0.378 e. The molecule has 24 heavy (non-hydrogen) atoms. The summed E-state index contributed by atoms with van der Waals surface area (Å²) >= 11 is 0. The van der Waals surface area contributed by atoms with Crippen molar-refractivity contribution in [2.75, 3.05) is 32.8 Å². The van der Waals surface area contributed by atoms with Gasteiger partial charge in [0.2, 0.25) is 5.89 Å². The molecule has 7 nitrogen and oxygen atoms in total. The topological polar surface area (TPSA) is 75.8 Å². The molecule has 0 bridgehead atoms. The third-order valence-electron chi connectivity index (χ3n) is 3.86. The summed E-state index contributed by atoms with van der Waals surface area (Å²) in [7, 11) is 0. The lowest BCUT2D eigenvalue weighted by molar-refractivity contribution is 0.0264. The normalized spacial score (nSPS) is 16.1. The highest BCUT2D eigenvalue weighted by Crippen LogP contribution is 2.13. The van der Waals surface area contributed by atoms with Gasteiger partial charge in [0.05, 0.1) is 6.10 Å². The van der Waals surface area contributed by atoms with Crippen molar-refractivity contribution in [2.24, 2.45) is 4.99 Å². The summed E-state index contributed by atoms with van der Waals surface area (Å²) in [5.74, 6) is 2.39. The Morgan fingerprint density at radius 3 is 2.71 bits per heavy atom. The minimum absolute atomic E-state index is 0. The number of rotatable bonds is 7. The van der Waals surface area contributed by atoms with Crippen LogP contribution in [0.25, 0.3) is 0 Å². The van der Waals surface area contributed by atoms with Crippen LogP contribution in [0.4, 0.5) is 0 Å². The van der Waals surface area contributed by atoms with Crippen molar-refractivity contribution in [3.8, 4) is 0 Å². The molecule has 8 heteroatoms. The van der Waals surface area contributed by atoms with E-state index in [0.29, 0.717) is 17.8 Å². The highest BCUT2D eigenvalue weighted by Gasteiger charge is 2.21. The zero-order valence-corrected chi connectivity index (χ0v) is 17.3. The van der Waals surface area contributed by atoms with E-state index in [1.165, 1.54) is 0 Å². The van der Waals surface area contributed by atoms with Gasteiger partial charge in [-0.15, -0.1) is 24.0 Å². The van der Waals surface area contributed by atoms with Crippen LogP contribution in [-0.2, 0) is 11.2 Å². The van der Waals surface area contributed by atoms with Crippen LogP contribution < -0.4 is 5.32 Å². The molecule has 1 N–H and O–H groups in total. The highest BCUT2D eigenvalue weighted by atomic mass is 127. The van der Waals surface area contributed by atoms with Crippen LogP contribution in [-0.4, -0.2) is 59.9 Å². The zero-order valence-electron chi connectivity index (χ0n) is 15.0. The molecule has 0 radical (unpaired) electrons. The maximum Gasteiger partial charge on any atom is 0.226 e. The van der Waals surface area contributed by atoms with Crippen LogP contribution >= 0.6 is 24.0 Å². The molecule has 0 amide bonds. The number of nitrogens with zero attached hydrogens (tertiary/aromatic N) is 4. The quantitative estimate of drug-likeness (QED) is 0.297. The molecule has 0 unspecified atom stereocenters. The molecular formula is C16H30IN5O2. The standard InChI is InChI=1S/C16H29N5O2.HI/c1-4-17-16(21-11-8-14(9-12-21)22-5-2)18-10-6-7-15-19-13(3)20-23-15;/h14H,4-12H2,1-3H3,(H,17,18);1H. The first-order valence-corrected chi connectivity index (χ1v) is 8.67. The van der Waals surface area contributed by atoms with Gasteiger partial charge in [-0.1, -0.05) is 5.16 Å². The molecule has 1 aromatic rings. The number of halogens is 1. The van der Waals surface area contributed by atoms with Crippen molar-refractivity contribution in [2.45, 2.75) is 52.6 Å². The van der Waals surface area contributed by atoms with Crippen molar-refractivity contribution in [1.29, 1.82) is 0 Å². The maximum absolute atomic E-state index is 5.71. The van der Waals surface area contributed by atoms with Crippen LogP contribution in [0.3, 0.4) is 0 Å². The van der Waals surface area contributed by atoms with Gasteiger partial charge in [-0.2, -0.15) is 4.98 Å². The van der Waals surface area contributed by atoms with Gasteiger partial charge in [0.15, 0.2) is 11.8 Å². The van der Waals surface area contributed by atoms with Crippen molar-refractivity contribution >= 4 is 29.9 Å². The number of ether oxygens (including phenoxy) is 1. The molecule has 1 saturated heterocycles. The van der Waals surface area contributed by atoms with E-state index in [1.54, 1.807) is 0 Å². The second-order valence-corrected chi connectivity index (χ2v) is 5.72. The van der Waals surface area contributed by atoms with Gasteiger partial charge < -0.3 is 19.5 Å². The Hall–Kier alpha value is -0.900. The molecule has 1 fully saturated rings. The molecule has 2 rings (SSSR count). The van der Waals surface area contributed by atoms with Crippen molar-refractivity contribution in [1.82, 2.24) is 20.4 Å². The molecule has 2 heterocycles. The first-order chi connectivity index (χ1) is 11.2. The summed E-state index contributed by atoms with van der Waals surface area (Å²) in [4.78, 5) is 11.3. The lowest BCUT2D eigenvalue weighted by Gasteiger charge is -2.34. The third kappa shape index (κ3) is 6.92. The lowest BCUT2D eigenvalue weighted by atomic mass is 10.1. The van der Waals surface area contributed by atoms with E-state index >= 15 is 0 Å². The number of nitrogens with one attached hydrogen (secondary N) is 1. The van der Waals surface area contributed by atoms with Gasteiger partial charge >= 0.3 is 0 Å². The van der Waals surface area contributed by atoms with Crippen LogP contribution in [0.15, 0.2) is 9.52 Å². The molecule has 1 aliphatic rings. The van der Waals surface area contributed by atoms with Gasteiger partial charge in [-0.3, -0.25) is 4.99 Å². The molecule has 0 spiro atoms. The minimum Gasteiger partial charge on any atom is -0.378 e. The molecule has 0 aliphatic carbocycles. The Bertz CT molecular complexity index is 487. The Labute approximate surface area is 161 Å². The molecule has 0 saturated carbocycles. The summed E-state index contributed by atoms with van der Waals surface area (Å²) in [6.07, 6.45) is 4.22. The van der Waals surface area contributed by atoms with E-state index in [1.807, 2.05) is 6.92 Å². The number of likely N-dealkylation sites (tertiary alicyclic amines) is 1. The second-order valence-electron chi connectivity index (χ2n) is 5.72. The first kappa shape index (κ1) is 21.1. The fourth-order valence-corrected chi connectivity index (χ4v) is 2.75. The average molecular weight is 451 g/mol. The van der Waals surface area contributed by atoms with Crippen LogP contribution in [0.2, 0.25) is 0 Å². The lowest BCUT2D eigenvalue weighted by Crippen LogP contribution is -2.47. The molecule has 0 aromatic carbocycles. The Morgan fingerprint density at radius 1 is 1.38 bits per heavy atom. The Balaban J connectivity index is 0.00000288. The fraction of sp³-hybridized carbons (Fsp3) is 0.812. The smallest absolute Gasteiger partial charge is 0.226 e. The van der Waals surface area contributed by atoms with E-state index in [4.69, 9.17) is 14.3 Å². The number of hydrogen-bond acceptors (Lipinski definition) is 5. The van der Waals surface area contributed by atoms with Gasteiger partial charge in [0.25, 0.3) is 0 Å².